The Morgan fingerprint density at radius 2 is 2.00 bits per heavy atom. The number of benzene rings is 1. The second kappa shape index (κ2) is 6.05. The molecule has 2 rings (SSSR count). The predicted molar refractivity (Wildman–Crippen MR) is 81.2 cm³/mol. The Bertz CT molecular complexity index is 599. The van der Waals surface area contributed by atoms with Gasteiger partial charge in [0.25, 0.3) is 0 Å². The van der Waals surface area contributed by atoms with Gasteiger partial charge in [-0.3, -0.25) is 0 Å². The lowest BCUT2D eigenvalue weighted by molar-refractivity contribution is -0.0442. The van der Waals surface area contributed by atoms with Crippen molar-refractivity contribution in [2.45, 2.75) is 49.9 Å². The van der Waals surface area contributed by atoms with Gasteiger partial charge in [-0.15, -0.1) is 0 Å². The van der Waals surface area contributed by atoms with Crippen molar-refractivity contribution in [3.63, 3.8) is 0 Å². The first-order chi connectivity index (χ1) is 9.79. The van der Waals surface area contributed by atoms with Crippen molar-refractivity contribution in [2.24, 2.45) is 5.92 Å². The second-order valence-corrected chi connectivity index (χ2v) is 8.40. The third-order valence-electron chi connectivity index (χ3n) is 4.79. The Labute approximate surface area is 126 Å². The number of rotatable bonds is 4. The molecule has 3 nitrogen and oxygen atoms in total. The summed E-state index contributed by atoms with van der Waals surface area (Å²) in [5, 5.41) is 10.6. The summed E-state index contributed by atoms with van der Waals surface area (Å²) in [5.74, 6) is -0.656. The lowest BCUT2D eigenvalue weighted by Gasteiger charge is -2.40. The van der Waals surface area contributed by atoms with Crippen molar-refractivity contribution in [1.29, 1.82) is 0 Å². The molecule has 0 spiro atoms. The topological polar surface area (TPSA) is 54.4 Å². The molecule has 0 bridgehead atoms. The van der Waals surface area contributed by atoms with Gasteiger partial charge in [-0.1, -0.05) is 31.5 Å². The van der Waals surface area contributed by atoms with E-state index in [1.54, 1.807) is 18.2 Å². The minimum atomic E-state index is -3.12. The Hall–Kier alpha value is -0.940. The quantitative estimate of drug-likeness (QED) is 0.929. The number of sulfone groups is 1. The average molecular weight is 314 g/mol. The minimum Gasteiger partial charge on any atom is -0.385 e. The fourth-order valence-corrected chi connectivity index (χ4v) is 4.66. The molecule has 1 aromatic rings. The summed E-state index contributed by atoms with van der Waals surface area (Å²) in [6.45, 7) is 1.82. The van der Waals surface area contributed by atoms with E-state index < -0.39 is 26.5 Å². The minimum absolute atomic E-state index is 0.229. The molecule has 1 saturated carbocycles. The van der Waals surface area contributed by atoms with Crippen LogP contribution in [0.1, 0.15) is 44.6 Å². The van der Waals surface area contributed by atoms with Gasteiger partial charge in [0.05, 0.1) is 10.9 Å². The van der Waals surface area contributed by atoms with Crippen LogP contribution in [0.4, 0.5) is 4.39 Å². The van der Waals surface area contributed by atoms with Gasteiger partial charge in [0, 0.05) is 11.8 Å². The standard InChI is InChI=1S/C16H23FO3S/c1-3-16(18,14-9-4-5-10-15(14)17)12-7-6-8-13(11-12)21(2,19)20/h4-5,9-10,12-13,18H,3,6-8,11H2,1-2H3. The highest BCUT2D eigenvalue weighted by molar-refractivity contribution is 7.91. The fourth-order valence-electron chi connectivity index (χ4n) is 3.48. The van der Waals surface area contributed by atoms with Crippen LogP contribution in [-0.4, -0.2) is 25.0 Å². The van der Waals surface area contributed by atoms with Crippen LogP contribution in [0.3, 0.4) is 0 Å². The van der Waals surface area contributed by atoms with E-state index in [-0.39, 0.29) is 11.5 Å². The van der Waals surface area contributed by atoms with Gasteiger partial charge in [-0.25, -0.2) is 12.8 Å². The molecule has 0 aliphatic heterocycles. The molecule has 0 radical (unpaired) electrons. The molecular formula is C16H23FO3S. The smallest absolute Gasteiger partial charge is 0.150 e. The zero-order chi connectivity index (χ0) is 15.7. The van der Waals surface area contributed by atoms with E-state index in [1.165, 1.54) is 12.3 Å². The molecule has 5 heteroatoms. The van der Waals surface area contributed by atoms with E-state index in [2.05, 4.69) is 0 Å². The molecule has 0 heterocycles. The van der Waals surface area contributed by atoms with Crippen LogP contribution >= 0.6 is 0 Å². The van der Waals surface area contributed by atoms with Crippen LogP contribution in [0.2, 0.25) is 0 Å². The lowest BCUT2D eigenvalue weighted by atomic mass is 9.72. The van der Waals surface area contributed by atoms with E-state index >= 15 is 0 Å². The first-order valence-corrected chi connectivity index (χ1v) is 9.40. The summed E-state index contributed by atoms with van der Waals surface area (Å²) < 4.78 is 37.7. The van der Waals surface area contributed by atoms with E-state index in [0.29, 0.717) is 19.3 Å². The van der Waals surface area contributed by atoms with Gasteiger partial charge in [-0.2, -0.15) is 0 Å². The van der Waals surface area contributed by atoms with Crippen LogP contribution in [0, 0.1) is 11.7 Å². The van der Waals surface area contributed by atoms with Crippen LogP contribution in [0.15, 0.2) is 24.3 Å². The maximum absolute atomic E-state index is 14.1. The highest BCUT2D eigenvalue weighted by Gasteiger charge is 2.42. The van der Waals surface area contributed by atoms with Crippen molar-refractivity contribution in [2.75, 3.05) is 6.26 Å². The Morgan fingerprint density at radius 3 is 2.57 bits per heavy atom. The first-order valence-electron chi connectivity index (χ1n) is 7.45. The number of aliphatic hydroxyl groups is 1. The third-order valence-corrected chi connectivity index (χ3v) is 6.43. The zero-order valence-corrected chi connectivity index (χ0v) is 13.4. The monoisotopic (exact) mass is 314 g/mol. The van der Waals surface area contributed by atoms with Crippen molar-refractivity contribution in [1.82, 2.24) is 0 Å². The summed E-state index contributed by atoms with van der Waals surface area (Å²) in [4.78, 5) is 0. The second-order valence-electron chi connectivity index (χ2n) is 6.07. The van der Waals surface area contributed by atoms with Gasteiger partial charge in [-0.05, 0) is 37.7 Å². The van der Waals surface area contributed by atoms with Gasteiger partial charge in [0.15, 0.2) is 0 Å². The lowest BCUT2D eigenvalue weighted by Crippen LogP contribution is -2.41. The predicted octanol–water partition coefficient (Wildman–Crippen LogP) is 3.03. The highest BCUT2D eigenvalue weighted by atomic mass is 32.2. The number of hydrogen-bond donors (Lipinski definition) is 1. The summed E-state index contributed by atoms with van der Waals surface area (Å²) in [5.41, 5.74) is -1.01. The Kier molecular flexibility index (Phi) is 4.73. The van der Waals surface area contributed by atoms with Gasteiger partial charge in [0.2, 0.25) is 0 Å². The molecule has 0 aromatic heterocycles. The Morgan fingerprint density at radius 1 is 1.33 bits per heavy atom. The first kappa shape index (κ1) is 16.4. The molecule has 0 saturated heterocycles. The van der Waals surface area contributed by atoms with Crippen LogP contribution in [0.5, 0.6) is 0 Å². The van der Waals surface area contributed by atoms with Crippen molar-refractivity contribution >= 4 is 9.84 Å². The molecule has 3 atom stereocenters. The molecular weight excluding hydrogens is 291 g/mol. The maximum atomic E-state index is 14.1. The van der Waals surface area contributed by atoms with Gasteiger partial charge >= 0.3 is 0 Å². The van der Waals surface area contributed by atoms with Gasteiger partial charge in [0.1, 0.15) is 15.7 Å². The van der Waals surface area contributed by atoms with Crippen LogP contribution in [0.25, 0.3) is 0 Å². The molecule has 3 unspecified atom stereocenters. The zero-order valence-electron chi connectivity index (χ0n) is 12.5. The van der Waals surface area contributed by atoms with E-state index in [1.807, 2.05) is 6.92 Å². The van der Waals surface area contributed by atoms with E-state index in [9.17, 15) is 17.9 Å². The molecule has 118 valence electrons. The molecule has 1 aromatic carbocycles. The van der Waals surface area contributed by atoms with Crippen LogP contribution < -0.4 is 0 Å². The molecule has 1 fully saturated rings. The van der Waals surface area contributed by atoms with E-state index in [0.717, 1.165) is 12.8 Å². The highest BCUT2D eigenvalue weighted by Crippen LogP contribution is 2.43. The van der Waals surface area contributed by atoms with Gasteiger partial charge < -0.3 is 5.11 Å². The molecule has 21 heavy (non-hydrogen) atoms. The summed E-state index contributed by atoms with van der Waals surface area (Å²) >= 11 is 0. The molecule has 1 N–H and O–H groups in total. The summed E-state index contributed by atoms with van der Waals surface area (Å²) in [6, 6.07) is 6.24. The molecule has 1 aliphatic rings. The van der Waals surface area contributed by atoms with Crippen molar-refractivity contribution < 1.29 is 17.9 Å². The largest absolute Gasteiger partial charge is 0.385 e. The molecule has 0 amide bonds. The normalized spacial score (nSPS) is 26.3. The summed E-state index contributed by atoms with van der Waals surface area (Å²) in [7, 11) is -3.12. The maximum Gasteiger partial charge on any atom is 0.150 e. The van der Waals surface area contributed by atoms with E-state index in [4.69, 9.17) is 0 Å². The SMILES string of the molecule is CCC(O)(c1ccccc1F)C1CCCC(S(C)(=O)=O)C1. The summed E-state index contributed by atoms with van der Waals surface area (Å²) in [6.07, 6.45) is 4.12. The van der Waals surface area contributed by atoms with Crippen molar-refractivity contribution in [3.05, 3.63) is 35.6 Å². The number of halogens is 1. The number of hydrogen-bond acceptors (Lipinski definition) is 3. The Balaban J connectivity index is 2.34. The average Bonchev–Trinajstić information content (AvgIpc) is 2.46. The fraction of sp³-hybridized carbons (Fsp3) is 0.625. The molecule has 1 aliphatic carbocycles. The van der Waals surface area contributed by atoms with Crippen LogP contribution in [-0.2, 0) is 15.4 Å². The third kappa shape index (κ3) is 3.29. The van der Waals surface area contributed by atoms with Crippen molar-refractivity contribution in [3.8, 4) is 0 Å².